The number of carbonyl (C=O) groups excluding carboxylic acids is 2. The Morgan fingerprint density at radius 2 is 2.08 bits per heavy atom. The Morgan fingerprint density at radius 3 is 2.73 bits per heavy atom. The molecule has 8 heteroatoms. The number of carbonyl (C=O) groups is 2. The molecule has 26 heavy (non-hydrogen) atoms. The molecule has 130 valence electrons. The fraction of sp³-hybridized carbons (Fsp3) is 0.0556. The minimum Gasteiger partial charge on any atom is -0.503 e. The number of hydrogen-bond donors (Lipinski definition) is 1. The molecule has 0 fully saturated rings. The highest BCUT2D eigenvalue weighted by molar-refractivity contribution is 7.13. The fourth-order valence-electron chi connectivity index (χ4n) is 2.90. The van der Waals surface area contributed by atoms with Crippen molar-refractivity contribution in [2.24, 2.45) is 0 Å². The average molecular weight is 387 g/mol. The monoisotopic (exact) mass is 386 g/mol. The molecule has 2 aromatic heterocycles. The second-order valence-electron chi connectivity index (χ2n) is 5.48. The largest absolute Gasteiger partial charge is 0.503 e. The zero-order chi connectivity index (χ0) is 18.3. The number of ketones is 1. The van der Waals surface area contributed by atoms with Gasteiger partial charge in [-0.25, -0.2) is 4.98 Å². The Kier molecular flexibility index (Phi) is 4.10. The lowest BCUT2D eigenvalue weighted by molar-refractivity contribution is -0.117. The van der Waals surface area contributed by atoms with Gasteiger partial charge in [-0.2, -0.15) is 0 Å². The van der Waals surface area contributed by atoms with Crippen LogP contribution >= 0.6 is 22.9 Å². The van der Waals surface area contributed by atoms with E-state index in [1.165, 1.54) is 28.6 Å². The maximum Gasteiger partial charge on any atom is 0.296 e. The van der Waals surface area contributed by atoms with Crippen molar-refractivity contribution in [1.82, 2.24) is 4.98 Å². The van der Waals surface area contributed by atoms with E-state index < -0.39 is 23.5 Å². The number of anilines is 1. The highest BCUT2D eigenvalue weighted by Crippen LogP contribution is 2.44. The molecule has 3 heterocycles. The molecule has 4 rings (SSSR count). The average Bonchev–Trinajstić information content (AvgIpc) is 3.37. The predicted molar refractivity (Wildman–Crippen MR) is 96.5 cm³/mol. The number of amides is 1. The Bertz CT molecular complexity index is 1010. The van der Waals surface area contributed by atoms with Gasteiger partial charge in [0.25, 0.3) is 5.91 Å². The van der Waals surface area contributed by atoms with Crippen LogP contribution in [0.3, 0.4) is 0 Å². The van der Waals surface area contributed by atoms with Crippen molar-refractivity contribution in [3.63, 3.8) is 0 Å². The number of rotatable bonds is 4. The van der Waals surface area contributed by atoms with Crippen LogP contribution in [0.5, 0.6) is 0 Å². The van der Waals surface area contributed by atoms with E-state index in [0.29, 0.717) is 15.7 Å². The Hall–Kier alpha value is -2.90. The van der Waals surface area contributed by atoms with Gasteiger partial charge in [0.15, 0.2) is 16.7 Å². The summed E-state index contributed by atoms with van der Waals surface area (Å²) in [7, 11) is 0. The summed E-state index contributed by atoms with van der Waals surface area (Å²) in [6.07, 6.45) is 2.89. The normalized spacial score (nSPS) is 17.2. The highest BCUT2D eigenvalue weighted by atomic mass is 35.5. The van der Waals surface area contributed by atoms with Crippen LogP contribution in [-0.2, 0) is 4.79 Å². The van der Waals surface area contributed by atoms with E-state index in [2.05, 4.69) is 4.98 Å². The molecule has 0 aliphatic carbocycles. The van der Waals surface area contributed by atoms with Crippen LogP contribution in [0.1, 0.15) is 22.2 Å². The van der Waals surface area contributed by atoms with E-state index in [0.717, 1.165) is 0 Å². The minimum atomic E-state index is -0.903. The van der Waals surface area contributed by atoms with Gasteiger partial charge < -0.3 is 9.52 Å². The van der Waals surface area contributed by atoms with Crippen LogP contribution in [0.4, 0.5) is 5.13 Å². The third kappa shape index (κ3) is 2.53. The summed E-state index contributed by atoms with van der Waals surface area (Å²) in [5.74, 6) is -1.89. The number of benzene rings is 1. The lowest BCUT2D eigenvalue weighted by Crippen LogP contribution is -2.31. The molecule has 3 aromatic rings. The molecule has 1 aliphatic heterocycles. The number of aliphatic hydroxyl groups is 1. The molecule has 0 bridgehead atoms. The second-order valence-corrected chi connectivity index (χ2v) is 6.76. The van der Waals surface area contributed by atoms with Crippen molar-refractivity contribution >= 4 is 39.8 Å². The first kappa shape index (κ1) is 16.6. The summed E-state index contributed by atoms with van der Waals surface area (Å²) < 4.78 is 5.16. The van der Waals surface area contributed by atoms with Crippen LogP contribution in [-0.4, -0.2) is 21.8 Å². The van der Waals surface area contributed by atoms with Crippen LogP contribution in [0, 0.1) is 0 Å². The van der Waals surface area contributed by atoms with Crippen molar-refractivity contribution < 1.29 is 19.1 Å². The first-order valence-corrected chi connectivity index (χ1v) is 8.84. The lowest BCUT2D eigenvalue weighted by Gasteiger charge is -2.24. The quantitative estimate of drug-likeness (QED) is 0.680. The van der Waals surface area contributed by atoms with Crippen molar-refractivity contribution in [1.29, 1.82) is 0 Å². The van der Waals surface area contributed by atoms with Crippen LogP contribution in [0.2, 0.25) is 5.02 Å². The third-order valence-corrected chi connectivity index (χ3v) is 5.14. The van der Waals surface area contributed by atoms with Crippen molar-refractivity contribution in [3.8, 4) is 0 Å². The van der Waals surface area contributed by atoms with Gasteiger partial charge in [-0.15, -0.1) is 11.3 Å². The smallest absolute Gasteiger partial charge is 0.296 e. The predicted octanol–water partition coefficient (Wildman–Crippen LogP) is 4.17. The maximum atomic E-state index is 12.9. The number of nitrogens with zero attached hydrogens (tertiary/aromatic N) is 2. The highest BCUT2D eigenvalue weighted by Gasteiger charge is 2.46. The molecule has 1 N–H and O–H groups in total. The minimum absolute atomic E-state index is 0.0254. The lowest BCUT2D eigenvalue weighted by atomic mass is 9.95. The van der Waals surface area contributed by atoms with Crippen LogP contribution in [0.15, 0.2) is 70.0 Å². The van der Waals surface area contributed by atoms with Gasteiger partial charge in [-0.1, -0.05) is 29.8 Å². The van der Waals surface area contributed by atoms with Crippen molar-refractivity contribution in [2.75, 3.05) is 4.90 Å². The first-order valence-electron chi connectivity index (χ1n) is 7.58. The van der Waals surface area contributed by atoms with Crippen LogP contribution in [0.25, 0.3) is 0 Å². The number of thiazole rings is 1. The van der Waals surface area contributed by atoms with Gasteiger partial charge in [-0.3, -0.25) is 14.5 Å². The molecule has 1 unspecified atom stereocenters. The summed E-state index contributed by atoms with van der Waals surface area (Å²) in [6, 6.07) is 8.98. The molecule has 0 radical (unpaired) electrons. The number of furan rings is 1. The zero-order valence-corrected chi connectivity index (χ0v) is 14.7. The van der Waals surface area contributed by atoms with E-state index in [-0.39, 0.29) is 11.3 Å². The van der Waals surface area contributed by atoms with E-state index in [1.807, 2.05) is 0 Å². The SMILES string of the molecule is O=C(C1=C(O)C(=O)N(c2nccs2)C1c1ccccc1Cl)c1ccco1. The van der Waals surface area contributed by atoms with Crippen LogP contribution < -0.4 is 4.90 Å². The number of aliphatic hydroxyl groups excluding tert-OH is 1. The molecular formula is C18H11ClN2O4S. The molecule has 1 aliphatic rings. The third-order valence-electron chi connectivity index (χ3n) is 4.02. The Balaban J connectivity index is 1.91. The fourth-order valence-corrected chi connectivity index (χ4v) is 3.81. The topological polar surface area (TPSA) is 83.6 Å². The number of hydrogen-bond acceptors (Lipinski definition) is 6. The molecule has 0 spiro atoms. The van der Waals surface area contributed by atoms with E-state index in [1.54, 1.807) is 41.9 Å². The summed E-state index contributed by atoms with van der Waals surface area (Å²) >= 11 is 7.55. The number of halogens is 1. The van der Waals surface area contributed by atoms with Gasteiger partial charge in [0.05, 0.1) is 17.9 Å². The summed E-state index contributed by atoms with van der Waals surface area (Å²) in [4.78, 5) is 31.1. The molecule has 0 saturated heterocycles. The molecule has 1 atom stereocenters. The summed E-state index contributed by atoms with van der Waals surface area (Å²) in [5, 5.41) is 12.9. The van der Waals surface area contributed by atoms with Gasteiger partial charge in [-0.05, 0) is 23.8 Å². The molecule has 1 amide bonds. The van der Waals surface area contributed by atoms with E-state index in [4.69, 9.17) is 16.0 Å². The molecule has 6 nitrogen and oxygen atoms in total. The van der Waals surface area contributed by atoms with Crippen molar-refractivity contribution in [2.45, 2.75) is 6.04 Å². The summed E-state index contributed by atoms with van der Waals surface area (Å²) in [6.45, 7) is 0. The van der Waals surface area contributed by atoms with Gasteiger partial charge in [0, 0.05) is 16.6 Å². The zero-order valence-electron chi connectivity index (χ0n) is 13.1. The van der Waals surface area contributed by atoms with Gasteiger partial charge in [0.1, 0.15) is 0 Å². The van der Waals surface area contributed by atoms with E-state index in [9.17, 15) is 14.7 Å². The first-order chi connectivity index (χ1) is 12.6. The maximum absolute atomic E-state index is 12.9. The second kappa shape index (κ2) is 6.44. The standard InChI is InChI=1S/C18H11ClN2O4S/c19-11-5-2-1-4-10(11)14-13(15(22)12-6-3-8-25-12)16(23)17(24)21(14)18-20-7-9-26-18/h1-9,14,23H. The summed E-state index contributed by atoms with van der Waals surface area (Å²) in [5.41, 5.74) is 0.421. The Labute approximate surface area is 157 Å². The van der Waals surface area contributed by atoms with Gasteiger partial charge >= 0.3 is 0 Å². The van der Waals surface area contributed by atoms with Gasteiger partial charge in [0.2, 0.25) is 5.78 Å². The molecule has 0 saturated carbocycles. The number of aromatic nitrogens is 1. The Morgan fingerprint density at radius 1 is 1.27 bits per heavy atom. The van der Waals surface area contributed by atoms with E-state index >= 15 is 0 Å². The molecular weight excluding hydrogens is 376 g/mol. The van der Waals surface area contributed by atoms with Crippen molar-refractivity contribution in [3.05, 3.63) is 81.9 Å². The number of Topliss-reactive ketones (excluding diaryl/α,β-unsaturated/α-hetero) is 1. The molecule has 1 aromatic carbocycles.